The van der Waals surface area contributed by atoms with Crippen LogP contribution in [0.3, 0.4) is 0 Å². The molecular weight excluding hydrogens is 257 g/mol. The van der Waals surface area contributed by atoms with Crippen molar-refractivity contribution in [1.29, 1.82) is 0 Å². The molecule has 1 aromatic heterocycles. The van der Waals surface area contributed by atoms with Gasteiger partial charge in [-0.05, 0) is 0 Å². The first kappa shape index (κ1) is 12.2. The van der Waals surface area contributed by atoms with E-state index in [9.17, 15) is 0 Å². The van der Waals surface area contributed by atoms with E-state index in [4.69, 9.17) is 0 Å². The van der Waals surface area contributed by atoms with E-state index in [2.05, 4.69) is 19.4 Å². The number of nitrogens with zero attached hydrogens (tertiary/aromatic N) is 5. The van der Waals surface area contributed by atoms with Gasteiger partial charge in [0.25, 0.3) is 0 Å². The first-order valence-corrected chi connectivity index (χ1v) is 6.37. The van der Waals surface area contributed by atoms with Gasteiger partial charge in [-0.25, -0.2) is 0 Å². The van der Waals surface area contributed by atoms with Crippen LogP contribution < -0.4 is 18.7 Å². The second-order valence-electron chi connectivity index (χ2n) is 3.87. The molecule has 0 spiro atoms. The van der Waals surface area contributed by atoms with Crippen LogP contribution in [0.1, 0.15) is 0 Å². The van der Waals surface area contributed by atoms with E-state index in [0.29, 0.717) is 0 Å². The van der Waals surface area contributed by atoms with Gasteiger partial charge in [-0.2, -0.15) is 0 Å². The maximum absolute atomic E-state index is 4.51. The maximum atomic E-state index is 4.51. The summed E-state index contributed by atoms with van der Waals surface area (Å²) in [6.45, 7) is 0. The second-order valence-corrected chi connectivity index (χ2v) is 5.83. The average molecular weight is 275 g/mol. The summed E-state index contributed by atoms with van der Waals surface area (Å²) in [5.74, 6) is 0.774. The van der Waals surface area contributed by atoms with Crippen LogP contribution in [-0.4, -0.2) is 66.8 Å². The van der Waals surface area contributed by atoms with Crippen LogP contribution >= 0.6 is 0 Å². The number of aromatic nitrogens is 2. The number of anilines is 2. The number of rotatable bonds is 2. The van der Waals surface area contributed by atoms with E-state index < -0.39 is 0 Å². The summed E-state index contributed by atoms with van der Waals surface area (Å²) in [5, 5.41) is 0. The summed E-state index contributed by atoms with van der Waals surface area (Å²) in [5.41, 5.74) is 0. The molecule has 0 aliphatic carbocycles. The van der Waals surface area contributed by atoms with Crippen molar-refractivity contribution in [1.82, 2.24) is 14.5 Å². The zero-order valence-electron chi connectivity index (χ0n) is 10.1. The van der Waals surface area contributed by atoms with Gasteiger partial charge < -0.3 is 0 Å². The zero-order valence-corrected chi connectivity index (χ0v) is 11.9. The molecule has 0 aliphatic heterocycles. The van der Waals surface area contributed by atoms with Crippen molar-refractivity contribution in [3.63, 3.8) is 0 Å². The van der Waals surface area contributed by atoms with E-state index >= 15 is 0 Å². The molecule has 0 saturated heterocycles. The molecule has 5 nitrogen and oxygen atoms in total. The average Bonchev–Trinajstić information content (AvgIpc) is 2.16. The summed E-state index contributed by atoms with van der Waals surface area (Å²) in [6, 6.07) is 0. The summed E-state index contributed by atoms with van der Waals surface area (Å²) in [7, 11) is 12.0. The van der Waals surface area contributed by atoms with E-state index in [-0.39, 0.29) is 14.5 Å². The van der Waals surface area contributed by atoms with E-state index in [0.717, 1.165) is 15.0 Å². The summed E-state index contributed by atoms with van der Waals surface area (Å²) >= 11 is 0.201. The van der Waals surface area contributed by atoms with Gasteiger partial charge in [-0.3, -0.25) is 0 Å². The van der Waals surface area contributed by atoms with Crippen molar-refractivity contribution in [2.45, 2.75) is 0 Å². The molecule has 0 aliphatic rings. The Morgan fingerprint density at radius 1 is 1.00 bits per heavy atom. The fourth-order valence-corrected chi connectivity index (χ4v) is 2.55. The van der Waals surface area contributed by atoms with Crippen LogP contribution in [0.2, 0.25) is 0 Å². The van der Waals surface area contributed by atoms with E-state index in [1.165, 1.54) is 0 Å². The molecule has 0 atom stereocenters. The molecule has 0 aromatic carbocycles. The Morgan fingerprint density at radius 2 is 1.60 bits per heavy atom. The molecule has 0 radical (unpaired) electrons. The van der Waals surface area contributed by atoms with Crippen molar-refractivity contribution in [2.75, 3.05) is 52.1 Å². The minimum absolute atomic E-state index is 0.201. The van der Waals surface area contributed by atoms with Crippen LogP contribution in [0.15, 0.2) is 0 Å². The minimum atomic E-state index is 0.201. The van der Waals surface area contributed by atoms with E-state index in [1.54, 1.807) is 0 Å². The van der Waals surface area contributed by atoms with E-state index in [1.807, 2.05) is 47.2 Å². The van der Waals surface area contributed by atoms with Crippen LogP contribution in [0.5, 0.6) is 0 Å². The monoisotopic (exact) mass is 276 g/mol. The predicted octanol–water partition coefficient (Wildman–Crippen LogP) is -1.30. The number of hydrogen-bond acceptors (Lipinski definition) is 4. The third kappa shape index (κ3) is 3.04. The molecule has 0 bridgehead atoms. The van der Waals surface area contributed by atoms with Crippen molar-refractivity contribution in [3.05, 3.63) is 4.36 Å². The fourth-order valence-electron chi connectivity index (χ4n) is 0.906. The predicted molar refractivity (Wildman–Crippen MR) is 64.7 cm³/mol. The Hall–Kier alpha value is -0.871. The molecule has 15 heavy (non-hydrogen) atoms. The Labute approximate surface area is 96.5 Å². The van der Waals surface area contributed by atoms with Gasteiger partial charge in [0.15, 0.2) is 0 Å². The van der Waals surface area contributed by atoms with Gasteiger partial charge in [0.05, 0.1) is 0 Å². The molecular formula is C9H18N5Se+. The molecule has 1 heterocycles. The second kappa shape index (κ2) is 4.77. The Bertz CT molecular complexity index is 374. The summed E-state index contributed by atoms with van der Waals surface area (Å²) in [4.78, 5) is 13.0. The van der Waals surface area contributed by atoms with Gasteiger partial charge in [-0.15, -0.1) is 0 Å². The quantitative estimate of drug-likeness (QED) is 0.496. The number of hydrogen-bond donors (Lipinski definition) is 0. The third-order valence-corrected chi connectivity index (χ3v) is 4.42. The molecule has 1 rings (SSSR count). The topological polar surface area (TPSA) is 35.3 Å². The van der Waals surface area contributed by atoms with Gasteiger partial charge in [0.1, 0.15) is 0 Å². The first-order valence-electron chi connectivity index (χ1n) is 4.66. The standard InChI is InChI=1S/C9H18N5Se/c1-12(2)7-10-8(13(3)4)15-9(11-7)14(5)6/h1-6H3/q+1. The van der Waals surface area contributed by atoms with Gasteiger partial charge in [0.2, 0.25) is 0 Å². The Kier molecular flexibility index (Phi) is 3.88. The Morgan fingerprint density at radius 3 is 2.00 bits per heavy atom. The van der Waals surface area contributed by atoms with Crippen LogP contribution in [0.25, 0.3) is 0 Å². The molecule has 84 valence electrons. The van der Waals surface area contributed by atoms with Crippen molar-refractivity contribution >= 4 is 25.1 Å². The SMILES string of the molecule is CN(C)c1nc(N(C)C)[se]c(=[N+](C)C)n1. The van der Waals surface area contributed by atoms with Crippen molar-refractivity contribution < 1.29 is 0 Å². The molecule has 1 aromatic rings. The Balaban J connectivity index is 3.41. The zero-order chi connectivity index (χ0) is 11.6. The van der Waals surface area contributed by atoms with Crippen molar-refractivity contribution in [2.24, 2.45) is 0 Å². The summed E-state index contributed by atoms with van der Waals surface area (Å²) in [6.07, 6.45) is 0. The van der Waals surface area contributed by atoms with Crippen LogP contribution in [0.4, 0.5) is 10.6 Å². The molecule has 0 N–H and O–H groups in total. The summed E-state index contributed by atoms with van der Waals surface area (Å²) < 4.78 is 4.26. The normalized spacial score (nSPS) is 10.0. The third-order valence-electron chi connectivity index (χ3n) is 1.74. The van der Waals surface area contributed by atoms with Gasteiger partial charge in [0, 0.05) is 0 Å². The first-order chi connectivity index (χ1) is 6.91. The fraction of sp³-hybridized carbons (Fsp3) is 0.667. The molecule has 0 amide bonds. The molecule has 0 saturated carbocycles. The van der Waals surface area contributed by atoms with Gasteiger partial charge >= 0.3 is 96.1 Å². The van der Waals surface area contributed by atoms with Crippen LogP contribution in [0, 0.1) is 0 Å². The van der Waals surface area contributed by atoms with Gasteiger partial charge in [-0.1, -0.05) is 0 Å². The van der Waals surface area contributed by atoms with Crippen LogP contribution in [-0.2, 0) is 0 Å². The molecule has 0 unspecified atom stereocenters. The molecule has 6 heteroatoms. The molecule has 0 fully saturated rings. The van der Waals surface area contributed by atoms with Crippen molar-refractivity contribution in [3.8, 4) is 0 Å².